The maximum atomic E-state index is 13.0. The molecule has 3 saturated heterocycles. The van der Waals surface area contributed by atoms with Gasteiger partial charge >= 0.3 is 0 Å². The number of likely N-dealkylation sites (tertiary alicyclic amines) is 1. The van der Waals surface area contributed by atoms with Crippen molar-refractivity contribution in [2.75, 3.05) is 19.7 Å². The summed E-state index contributed by atoms with van der Waals surface area (Å²) in [5.74, 6) is 0.878. The van der Waals surface area contributed by atoms with Crippen LogP contribution in [0, 0.1) is 5.41 Å². The highest BCUT2D eigenvalue weighted by Gasteiger charge is 2.53. The lowest BCUT2D eigenvalue weighted by molar-refractivity contribution is -0.155. The molecule has 0 aliphatic carbocycles. The standard InChI is InChI=1S/C26H39NO5/c1-18(2)31-20-8-6-19(7-9-20)23(28)27-14-12-26(13-15-27)16-22(30-17-26)25(5)11-10-21(32-25)24(3,4)29/h6-9,18,21-22,29H,10-17H2,1-5H3/t21-,22+,25+/m0/s1. The van der Waals surface area contributed by atoms with Crippen molar-refractivity contribution in [3.05, 3.63) is 29.8 Å². The lowest BCUT2D eigenvalue weighted by Gasteiger charge is -2.39. The van der Waals surface area contributed by atoms with Crippen LogP contribution in [0.4, 0.5) is 0 Å². The number of hydrogen-bond donors (Lipinski definition) is 1. The van der Waals surface area contributed by atoms with E-state index in [4.69, 9.17) is 14.2 Å². The lowest BCUT2D eigenvalue weighted by Crippen LogP contribution is -2.45. The van der Waals surface area contributed by atoms with E-state index < -0.39 is 5.60 Å². The number of amides is 1. The van der Waals surface area contributed by atoms with Crippen molar-refractivity contribution in [3.63, 3.8) is 0 Å². The molecule has 3 heterocycles. The van der Waals surface area contributed by atoms with Crippen LogP contribution in [-0.4, -0.2) is 65.1 Å². The van der Waals surface area contributed by atoms with E-state index in [9.17, 15) is 9.90 Å². The Morgan fingerprint density at radius 3 is 2.41 bits per heavy atom. The Morgan fingerprint density at radius 1 is 1.19 bits per heavy atom. The number of nitrogens with zero attached hydrogens (tertiary/aromatic N) is 1. The molecule has 1 spiro atoms. The van der Waals surface area contributed by atoms with Crippen LogP contribution in [0.3, 0.4) is 0 Å². The molecule has 4 rings (SSSR count). The Bertz CT molecular complexity index is 807. The lowest BCUT2D eigenvalue weighted by atomic mass is 9.74. The maximum Gasteiger partial charge on any atom is 0.253 e. The third kappa shape index (κ3) is 4.82. The van der Waals surface area contributed by atoms with Crippen LogP contribution in [0.5, 0.6) is 5.75 Å². The molecule has 0 radical (unpaired) electrons. The first-order chi connectivity index (χ1) is 15.0. The van der Waals surface area contributed by atoms with Crippen molar-refractivity contribution in [2.45, 2.75) is 96.2 Å². The van der Waals surface area contributed by atoms with Crippen LogP contribution in [0.1, 0.15) is 77.1 Å². The Morgan fingerprint density at radius 2 is 1.84 bits per heavy atom. The molecule has 3 atom stereocenters. The molecular weight excluding hydrogens is 406 g/mol. The van der Waals surface area contributed by atoms with Gasteiger partial charge in [0.25, 0.3) is 5.91 Å². The molecule has 0 bridgehead atoms. The normalized spacial score (nSPS) is 30.3. The minimum absolute atomic E-state index is 0.0469. The van der Waals surface area contributed by atoms with Gasteiger partial charge < -0.3 is 24.2 Å². The molecule has 3 fully saturated rings. The van der Waals surface area contributed by atoms with Gasteiger partial charge in [-0.2, -0.15) is 0 Å². The van der Waals surface area contributed by atoms with Crippen molar-refractivity contribution in [2.24, 2.45) is 5.41 Å². The van der Waals surface area contributed by atoms with Crippen LogP contribution in [0.2, 0.25) is 0 Å². The second kappa shape index (κ2) is 8.62. The summed E-state index contributed by atoms with van der Waals surface area (Å²) in [6.45, 7) is 12.0. The molecule has 32 heavy (non-hydrogen) atoms. The van der Waals surface area contributed by atoms with Gasteiger partial charge in [-0.25, -0.2) is 0 Å². The highest BCUT2D eigenvalue weighted by atomic mass is 16.6. The molecule has 1 N–H and O–H groups in total. The summed E-state index contributed by atoms with van der Waals surface area (Å²) in [5.41, 5.74) is -0.350. The average molecular weight is 446 g/mol. The highest BCUT2D eigenvalue weighted by Crippen LogP contribution is 2.49. The van der Waals surface area contributed by atoms with E-state index in [0.29, 0.717) is 5.56 Å². The largest absolute Gasteiger partial charge is 0.491 e. The highest BCUT2D eigenvalue weighted by molar-refractivity contribution is 5.94. The maximum absolute atomic E-state index is 13.0. The smallest absolute Gasteiger partial charge is 0.253 e. The van der Waals surface area contributed by atoms with E-state index in [2.05, 4.69) is 6.92 Å². The van der Waals surface area contributed by atoms with Crippen LogP contribution < -0.4 is 4.74 Å². The predicted molar refractivity (Wildman–Crippen MR) is 123 cm³/mol. The van der Waals surface area contributed by atoms with Crippen molar-refractivity contribution < 1.29 is 24.1 Å². The second-order valence-electron chi connectivity index (χ2n) is 11.1. The van der Waals surface area contributed by atoms with Gasteiger partial charge in [-0.3, -0.25) is 4.79 Å². The number of rotatable bonds is 5. The molecule has 0 aromatic heterocycles. The van der Waals surface area contributed by atoms with Gasteiger partial charge in [0.05, 0.1) is 36.1 Å². The number of carbonyl (C=O) groups is 1. The zero-order valence-electron chi connectivity index (χ0n) is 20.2. The molecule has 6 nitrogen and oxygen atoms in total. The van der Waals surface area contributed by atoms with Gasteiger partial charge in [-0.1, -0.05) is 0 Å². The van der Waals surface area contributed by atoms with E-state index >= 15 is 0 Å². The zero-order valence-corrected chi connectivity index (χ0v) is 20.2. The first kappa shape index (κ1) is 23.5. The van der Waals surface area contributed by atoms with Crippen LogP contribution in [-0.2, 0) is 9.47 Å². The van der Waals surface area contributed by atoms with Gasteiger partial charge in [0.1, 0.15) is 5.75 Å². The number of carbonyl (C=O) groups excluding carboxylic acids is 1. The number of piperidine rings is 1. The van der Waals surface area contributed by atoms with Crippen LogP contribution in [0.15, 0.2) is 24.3 Å². The summed E-state index contributed by atoms with van der Waals surface area (Å²) in [6, 6.07) is 7.46. The summed E-state index contributed by atoms with van der Waals surface area (Å²) in [7, 11) is 0. The van der Waals surface area contributed by atoms with E-state index in [1.165, 1.54) is 0 Å². The van der Waals surface area contributed by atoms with Gasteiger partial charge in [0.15, 0.2) is 0 Å². The first-order valence-corrected chi connectivity index (χ1v) is 12.1. The molecule has 1 aromatic carbocycles. The number of benzene rings is 1. The number of ether oxygens (including phenoxy) is 3. The van der Waals surface area contributed by atoms with E-state index in [-0.39, 0.29) is 35.2 Å². The van der Waals surface area contributed by atoms with Crippen molar-refractivity contribution >= 4 is 5.91 Å². The second-order valence-corrected chi connectivity index (χ2v) is 11.1. The molecule has 3 aliphatic heterocycles. The van der Waals surface area contributed by atoms with E-state index in [0.717, 1.165) is 57.6 Å². The Balaban J connectivity index is 1.32. The summed E-state index contributed by atoms with van der Waals surface area (Å²) < 4.78 is 18.3. The fourth-order valence-corrected chi connectivity index (χ4v) is 5.44. The molecule has 3 aliphatic rings. The molecule has 6 heteroatoms. The fourth-order valence-electron chi connectivity index (χ4n) is 5.44. The average Bonchev–Trinajstić information content (AvgIpc) is 3.34. The van der Waals surface area contributed by atoms with Crippen molar-refractivity contribution in [3.8, 4) is 5.75 Å². The van der Waals surface area contributed by atoms with Crippen molar-refractivity contribution in [1.82, 2.24) is 4.90 Å². The van der Waals surface area contributed by atoms with E-state index in [1.807, 2.05) is 56.9 Å². The molecule has 0 unspecified atom stereocenters. The Hall–Kier alpha value is -1.63. The monoisotopic (exact) mass is 445 g/mol. The third-order valence-corrected chi connectivity index (χ3v) is 7.58. The Labute approximate surface area is 192 Å². The molecular formula is C26H39NO5. The summed E-state index contributed by atoms with van der Waals surface area (Å²) in [6.07, 6.45) is 4.65. The van der Waals surface area contributed by atoms with Gasteiger partial charge in [0, 0.05) is 18.7 Å². The van der Waals surface area contributed by atoms with E-state index in [1.54, 1.807) is 0 Å². The van der Waals surface area contributed by atoms with Gasteiger partial charge in [-0.15, -0.1) is 0 Å². The molecule has 1 aromatic rings. The van der Waals surface area contributed by atoms with Gasteiger partial charge in [-0.05, 0) is 96.4 Å². The molecule has 0 saturated carbocycles. The minimum Gasteiger partial charge on any atom is -0.491 e. The fraction of sp³-hybridized carbons (Fsp3) is 0.731. The number of hydrogen-bond acceptors (Lipinski definition) is 5. The minimum atomic E-state index is -0.834. The SMILES string of the molecule is CC(C)Oc1ccc(C(=O)N2CCC3(CC2)CO[C@@H]([C@@]2(C)CC[C@@H](C(C)(C)O)O2)C3)cc1. The Kier molecular flexibility index (Phi) is 6.34. The van der Waals surface area contributed by atoms with Crippen molar-refractivity contribution in [1.29, 1.82) is 0 Å². The summed E-state index contributed by atoms with van der Waals surface area (Å²) in [4.78, 5) is 15.0. The first-order valence-electron chi connectivity index (χ1n) is 12.1. The predicted octanol–water partition coefficient (Wildman–Crippen LogP) is 4.19. The summed E-state index contributed by atoms with van der Waals surface area (Å²) in [5, 5.41) is 10.4. The molecule has 178 valence electrons. The number of aliphatic hydroxyl groups is 1. The van der Waals surface area contributed by atoms with Crippen LogP contribution in [0.25, 0.3) is 0 Å². The van der Waals surface area contributed by atoms with Gasteiger partial charge in [0.2, 0.25) is 0 Å². The summed E-state index contributed by atoms with van der Waals surface area (Å²) >= 11 is 0. The topological polar surface area (TPSA) is 68.2 Å². The molecule has 1 amide bonds. The van der Waals surface area contributed by atoms with Crippen LogP contribution >= 0.6 is 0 Å². The third-order valence-electron chi connectivity index (χ3n) is 7.58. The zero-order chi connectivity index (χ0) is 23.1. The quantitative estimate of drug-likeness (QED) is 0.736.